The first-order chi connectivity index (χ1) is 24.0. The largest absolute Gasteiger partial charge is 0.744 e. The van der Waals surface area contributed by atoms with Gasteiger partial charge in [-0.05, 0) is 31.4 Å². The second-order valence-electron chi connectivity index (χ2n) is 14.3. The van der Waals surface area contributed by atoms with Crippen LogP contribution in [0.3, 0.4) is 0 Å². The van der Waals surface area contributed by atoms with Crippen LogP contribution < -0.4 is 14.2 Å². The van der Waals surface area contributed by atoms with Gasteiger partial charge in [-0.15, -0.1) is 0 Å². The number of ether oxygens (including phenoxy) is 3. The van der Waals surface area contributed by atoms with Gasteiger partial charge < -0.3 is 18.8 Å². The molecule has 1 aromatic carbocycles. The minimum absolute atomic E-state index is 0.0265. The number of unbranched alkanes of at least 4 members (excludes halogenated alkanes) is 27. The normalized spacial score (nSPS) is 11.7. The van der Waals surface area contributed by atoms with E-state index in [0.717, 1.165) is 51.4 Å². The van der Waals surface area contributed by atoms with Gasteiger partial charge in [-0.25, -0.2) is 8.42 Å². The highest BCUT2D eigenvalue weighted by Crippen LogP contribution is 2.43. The van der Waals surface area contributed by atoms with Crippen LogP contribution in [-0.4, -0.2) is 32.8 Å². The van der Waals surface area contributed by atoms with Crippen molar-refractivity contribution in [3.8, 4) is 17.2 Å². The molecule has 49 heavy (non-hydrogen) atoms. The molecular formula is C42H77O6S-. The van der Waals surface area contributed by atoms with Crippen molar-refractivity contribution in [3.05, 3.63) is 12.1 Å². The maximum atomic E-state index is 12.3. The molecule has 1 rings (SSSR count). The molecular weight excluding hydrogens is 633 g/mol. The van der Waals surface area contributed by atoms with Crippen LogP contribution in [0.1, 0.15) is 213 Å². The molecule has 0 heterocycles. The van der Waals surface area contributed by atoms with Crippen LogP contribution >= 0.6 is 0 Å². The van der Waals surface area contributed by atoms with Crippen LogP contribution in [-0.2, 0) is 10.1 Å². The minimum Gasteiger partial charge on any atom is -0.744 e. The highest BCUT2D eigenvalue weighted by atomic mass is 32.2. The highest BCUT2D eigenvalue weighted by Gasteiger charge is 2.22. The zero-order valence-corrected chi connectivity index (χ0v) is 33.2. The number of rotatable bonds is 37. The molecule has 288 valence electrons. The second kappa shape index (κ2) is 32.4. The van der Waals surface area contributed by atoms with E-state index in [-0.39, 0.29) is 16.4 Å². The van der Waals surface area contributed by atoms with Gasteiger partial charge >= 0.3 is 0 Å². The van der Waals surface area contributed by atoms with E-state index in [4.69, 9.17) is 14.2 Å². The first-order valence-corrected chi connectivity index (χ1v) is 22.4. The summed E-state index contributed by atoms with van der Waals surface area (Å²) in [6.07, 6.45) is 36.6. The van der Waals surface area contributed by atoms with E-state index in [9.17, 15) is 13.0 Å². The molecule has 0 saturated heterocycles. The summed E-state index contributed by atoms with van der Waals surface area (Å²) in [5, 5.41) is 0. The Morgan fingerprint density at radius 2 is 0.694 bits per heavy atom. The SMILES string of the molecule is CCCCCCCCCCCCOc1ccc(S(=O)(=O)[O-])c(OCCCCCCCCCCCC)c1OCCCCCCCCCCCC. The Bertz CT molecular complexity index is 980. The van der Waals surface area contributed by atoms with Crippen molar-refractivity contribution >= 4 is 10.1 Å². The molecule has 0 aromatic heterocycles. The maximum Gasteiger partial charge on any atom is 0.204 e. The molecule has 6 nitrogen and oxygen atoms in total. The van der Waals surface area contributed by atoms with Gasteiger partial charge in [0.25, 0.3) is 0 Å². The molecule has 0 unspecified atom stereocenters. The standard InChI is InChI=1S/C42H78O6S/c1-4-7-10-13-16-19-22-25-28-31-36-46-39-34-35-40(49(43,44)45)42(48-38-33-30-27-24-21-18-15-12-9-6-3)41(39)47-37-32-29-26-23-20-17-14-11-8-5-2/h34-35H,4-33,36-38H2,1-3H3,(H,43,44,45)/p-1. The average molecular weight is 710 g/mol. The van der Waals surface area contributed by atoms with Crippen molar-refractivity contribution in [2.45, 2.75) is 218 Å². The van der Waals surface area contributed by atoms with Gasteiger partial charge in [0.2, 0.25) is 5.75 Å². The second-order valence-corrected chi connectivity index (χ2v) is 15.6. The lowest BCUT2D eigenvalue weighted by Gasteiger charge is -2.21. The van der Waals surface area contributed by atoms with E-state index in [2.05, 4.69) is 20.8 Å². The predicted octanol–water partition coefficient (Wildman–Crippen LogP) is 13.5. The zero-order chi connectivity index (χ0) is 35.7. The quantitative estimate of drug-likeness (QED) is 0.0505. The molecule has 0 N–H and O–H groups in total. The molecule has 0 aliphatic rings. The maximum absolute atomic E-state index is 12.3. The van der Waals surface area contributed by atoms with Crippen molar-refractivity contribution in [1.82, 2.24) is 0 Å². The van der Waals surface area contributed by atoms with Gasteiger partial charge in [0.1, 0.15) is 15.0 Å². The van der Waals surface area contributed by atoms with Crippen LogP contribution in [0.25, 0.3) is 0 Å². The average Bonchev–Trinajstić information content (AvgIpc) is 3.08. The predicted molar refractivity (Wildman–Crippen MR) is 206 cm³/mol. The Morgan fingerprint density at radius 3 is 1.02 bits per heavy atom. The van der Waals surface area contributed by atoms with Gasteiger partial charge in [0, 0.05) is 0 Å². The number of hydrogen-bond donors (Lipinski definition) is 0. The topological polar surface area (TPSA) is 84.9 Å². The summed E-state index contributed by atoms with van der Waals surface area (Å²) in [4.78, 5) is -0.357. The van der Waals surface area contributed by atoms with E-state index >= 15 is 0 Å². The molecule has 0 fully saturated rings. The van der Waals surface area contributed by atoms with Gasteiger partial charge in [-0.2, -0.15) is 0 Å². The number of hydrogen-bond acceptors (Lipinski definition) is 6. The van der Waals surface area contributed by atoms with Gasteiger partial charge in [0.15, 0.2) is 11.5 Å². The van der Waals surface area contributed by atoms with Crippen molar-refractivity contribution in [1.29, 1.82) is 0 Å². The Balaban J connectivity index is 2.70. The summed E-state index contributed by atoms with van der Waals surface area (Å²) in [5.41, 5.74) is 0. The third kappa shape index (κ3) is 25.2. The fourth-order valence-electron chi connectivity index (χ4n) is 6.41. The Labute approximate surface area is 304 Å². The van der Waals surface area contributed by atoms with E-state index in [1.165, 1.54) is 147 Å². The van der Waals surface area contributed by atoms with Crippen LogP contribution in [0.2, 0.25) is 0 Å². The molecule has 0 spiro atoms. The molecule has 0 saturated carbocycles. The fraction of sp³-hybridized carbons (Fsp3) is 0.857. The molecule has 0 radical (unpaired) electrons. The summed E-state index contributed by atoms with van der Waals surface area (Å²) in [5.74, 6) is 0.763. The van der Waals surface area contributed by atoms with Crippen molar-refractivity contribution in [3.63, 3.8) is 0 Å². The van der Waals surface area contributed by atoms with E-state index < -0.39 is 10.1 Å². The van der Waals surface area contributed by atoms with Crippen LogP contribution in [0.5, 0.6) is 17.2 Å². The molecule has 0 amide bonds. The molecule has 7 heteroatoms. The third-order valence-corrected chi connectivity index (χ3v) is 10.4. The van der Waals surface area contributed by atoms with Crippen LogP contribution in [0.15, 0.2) is 17.0 Å². The van der Waals surface area contributed by atoms with Gasteiger partial charge in [-0.1, -0.05) is 194 Å². The van der Waals surface area contributed by atoms with E-state index in [1.807, 2.05) is 0 Å². The monoisotopic (exact) mass is 710 g/mol. The van der Waals surface area contributed by atoms with Crippen LogP contribution in [0.4, 0.5) is 0 Å². The lowest BCUT2D eigenvalue weighted by Crippen LogP contribution is -2.10. The summed E-state index contributed by atoms with van der Waals surface area (Å²) in [7, 11) is -4.75. The van der Waals surface area contributed by atoms with Crippen molar-refractivity contribution in [2.75, 3.05) is 19.8 Å². The zero-order valence-electron chi connectivity index (χ0n) is 32.3. The van der Waals surface area contributed by atoms with Crippen molar-refractivity contribution in [2.24, 2.45) is 0 Å². The lowest BCUT2D eigenvalue weighted by molar-refractivity contribution is 0.230. The third-order valence-electron chi connectivity index (χ3n) is 9.55. The lowest BCUT2D eigenvalue weighted by atomic mass is 10.1. The Kier molecular flexibility index (Phi) is 30.2. The first kappa shape index (κ1) is 45.6. The van der Waals surface area contributed by atoms with E-state index in [1.54, 1.807) is 6.07 Å². The summed E-state index contributed by atoms with van der Waals surface area (Å²) >= 11 is 0. The first-order valence-electron chi connectivity index (χ1n) is 21.0. The smallest absolute Gasteiger partial charge is 0.204 e. The summed E-state index contributed by atoms with van der Waals surface area (Å²) < 4.78 is 55.4. The molecule has 0 bridgehead atoms. The molecule has 1 aromatic rings. The highest BCUT2D eigenvalue weighted by molar-refractivity contribution is 7.85. The van der Waals surface area contributed by atoms with Crippen molar-refractivity contribution < 1.29 is 27.2 Å². The Morgan fingerprint density at radius 1 is 0.408 bits per heavy atom. The van der Waals surface area contributed by atoms with Crippen LogP contribution in [0, 0.1) is 0 Å². The van der Waals surface area contributed by atoms with Gasteiger partial charge in [-0.3, -0.25) is 0 Å². The summed E-state index contributed by atoms with van der Waals surface area (Å²) in [6, 6.07) is 2.90. The fourth-order valence-corrected chi connectivity index (χ4v) is 7.02. The van der Waals surface area contributed by atoms with Gasteiger partial charge in [0.05, 0.1) is 19.8 Å². The summed E-state index contributed by atoms with van der Waals surface area (Å²) in [6.45, 7) is 8.04. The molecule has 0 aliphatic heterocycles. The number of benzene rings is 1. The minimum atomic E-state index is -4.75. The molecule has 0 aliphatic carbocycles. The molecule has 0 atom stereocenters. The Hall–Kier alpha value is -1.47. The van der Waals surface area contributed by atoms with E-state index in [0.29, 0.717) is 25.6 Å².